The van der Waals surface area contributed by atoms with Crippen molar-refractivity contribution in [2.24, 2.45) is 0 Å². The van der Waals surface area contributed by atoms with Gasteiger partial charge in [-0.25, -0.2) is 0 Å². The Balaban J connectivity index is 1.95. The SMILES string of the molecule is CCCCCCc1ccc2c(N)c3ccccc3cc2c1. The summed E-state index contributed by atoms with van der Waals surface area (Å²) in [5.41, 5.74) is 8.67. The average molecular weight is 277 g/mol. The van der Waals surface area contributed by atoms with Crippen LogP contribution < -0.4 is 5.73 Å². The number of benzene rings is 3. The fourth-order valence-electron chi connectivity index (χ4n) is 3.07. The normalized spacial score (nSPS) is 11.3. The fourth-order valence-corrected chi connectivity index (χ4v) is 3.07. The minimum Gasteiger partial charge on any atom is -0.398 e. The third-order valence-electron chi connectivity index (χ3n) is 4.29. The van der Waals surface area contributed by atoms with Crippen molar-refractivity contribution in [1.29, 1.82) is 0 Å². The van der Waals surface area contributed by atoms with Crippen LogP contribution in [0.15, 0.2) is 48.5 Å². The lowest BCUT2D eigenvalue weighted by Crippen LogP contribution is -1.91. The minimum absolute atomic E-state index is 0.903. The zero-order valence-corrected chi connectivity index (χ0v) is 12.7. The molecule has 0 aromatic heterocycles. The molecule has 0 saturated carbocycles. The maximum atomic E-state index is 6.34. The molecule has 0 saturated heterocycles. The molecule has 2 N–H and O–H groups in total. The molecule has 0 radical (unpaired) electrons. The number of nitrogen functional groups attached to an aromatic ring is 1. The molecule has 1 nitrogen and oxygen atoms in total. The summed E-state index contributed by atoms with van der Waals surface area (Å²) in [6.07, 6.45) is 6.41. The quantitative estimate of drug-likeness (QED) is 0.361. The highest BCUT2D eigenvalue weighted by Gasteiger charge is 2.05. The molecular weight excluding hydrogens is 254 g/mol. The highest BCUT2D eigenvalue weighted by Crippen LogP contribution is 2.31. The monoisotopic (exact) mass is 277 g/mol. The van der Waals surface area contributed by atoms with E-state index >= 15 is 0 Å². The molecule has 0 aliphatic heterocycles. The second-order valence-electron chi connectivity index (χ2n) is 5.88. The summed E-state index contributed by atoms with van der Waals surface area (Å²) < 4.78 is 0. The second kappa shape index (κ2) is 6.17. The smallest absolute Gasteiger partial charge is 0.0473 e. The van der Waals surface area contributed by atoms with E-state index in [9.17, 15) is 0 Å². The van der Waals surface area contributed by atoms with Crippen molar-refractivity contribution in [3.05, 3.63) is 54.1 Å². The molecule has 0 unspecified atom stereocenters. The van der Waals surface area contributed by atoms with E-state index in [0.717, 1.165) is 11.1 Å². The first kappa shape index (κ1) is 13.9. The molecule has 0 aliphatic rings. The molecule has 0 atom stereocenters. The van der Waals surface area contributed by atoms with Crippen LogP contribution in [0.5, 0.6) is 0 Å². The van der Waals surface area contributed by atoms with Crippen LogP contribution in [0.25, 0.3) is 21.5 Å². The lowest BCUT2D eigenvalue weighted by Gasteiger charge is -2.09. The lowest BCUT2D eigenvalue weighted by atomic mass is 9.98. The predicted octanol–water partition coefficient (Wildman–Crippen LogP) is 5.70. The van der Waals surface area contributed by atoms with Crippen LogP contribution in [0, 0.1) is 0 Å². The molecule has 108 valence electrons. The average Bonchev–Trinajstić information content (AvgIpc) is 2.52. The maximum absolute atomic E-state index is 6.34. The Bertz CT molecular complexity index is 758. The Hall–Kier alpha value is -2.02. The molecule has 3 aromatic carbocycles. The molecule has 0 heterocycles. The van der Waals surface area contributed by atoms with E-state index < -0.39 is 0 Å². The molecule has 3 aromatic rings. The van der Waals surface area contributed by atoms with Gasteiger partial charge in [0, 0.05) is 16.5 Å². The van der Waals surface area contributed by atoms with Gasteiger partial charge in [-0.2, -0.15) is 0 Å². The number of unbranched alkanes of at least 4 members (excludes halogenated alkanes) is 3. The van der Waals surface area contributed by atoms with Gasteiger partial charge in [0.2, 0.25) is 0 Å². The summed E-state index contributed by atoms with van der Waals surface area (Å²) in [5, 5.41) is 4.82. The maximum Gasteiger partial charge on any atom is 0.0473 e. The van der Waals surface area contributed by atoms with Gasteiger partial charge in [-0.3, -0.25) is 0 Å². The molecule has 21 heavy (non-hydrogen) atoms. The van der Waals surface area contributed by atoms with Crippen LogP contribution in [0.2, 0.25) is 0 Å². The third-order valence-corrected chi connectivity index (χ3v) is 4.29. The topological polar surface area (TPSA) is 26.0 Å². The Morgan fingerprint density at radius 2 is 1.62 bits per heavy atom. The molecule has 3 rings (SSSR count). The van der Waals surface area contributed by atoms with Gasteiger partial charge < -0.3 is 5.73 Å². The molecule has 0 spiro atoms. The van der Waals surface area contributed by atoms with Crippen LogP contribution in [0.4, 0.5) is 5.69 Å². The van der Waals surface area contributed by atoms with Crippen molar-refractivity contribution in [2.45, 2.75) is 39.0 Å². The number of nitrogens with two attached hydrogens (primary N) is 1. The van der Waals surface area contributed by atoms with Gasteiger partial charge in [-0.05, 0) is 35.2 Å². The summed E-state index contributed by atoms with van der Waals surface area (Å²) in [4.78, 5) is 0. The van der Waals surface area contributed by atoms with Crippen LogP contribution in [0.1, 0.15) is 38.2 Å². The van der Waals surface area contributed by atoms with E-state index in [0.29, 0.717) is 0 Å². The largest absolute Gasteiger partial charge is 0.398 e. The first-order chi connectivity index (χ1) is 10.3. The van der Waals surface area contributed by atoms with Gasteiger partial charge in [0.25, 0.3) is 0 Å². The van der Waals surface area contributed by atoms with Gasteiger partial charge in [0.1, 0.15) is 0 Å². The highest BCUT2D eigenvalue weighted by molar-refractivity contribution is 6.10. The van der Waals surface area contributed by atoms with Gasteiger partial charge in [0.15, 0.2) is 0 Å². The van der Waals surface area contributed by atoms with E-state index in [1.54, 1.807) is 0 Å². The molecule has 0 aliphatic carbocycles. The van der Waals surface area contributed by atoms with Crippen molar-refractivity contribution >= 4 is 27.2 Å². The Morgan fingerprint density at radius 1 is 0.810 bits per heavy atom. The van der Waals surface area contributed by atoms with Crippen LogP contribution in [-0.4, -0.2) is 0 Å². The number of rotatable bonds is 5. The molecule has 1 heteroatoms. The minimum atomic E-state index is 0.903. The second-order valence-corrected chi connectivity index (χ2v) is 5.88. The van der Waals surface area contributed by atoms with Crippen LogP contribution >= 0.6 is 0 Å². The number of anilines is 1. The van der Waals surface area contributed by atoms with Crippen molar-refractivity contribution in [3.8, 4) is 0 Å². The zero-order chi connectivity index (χ0) is 14.7. The lowest BCUT2D eigenvalue weighted by molar-refractivity contribution is 0.667. The predicted molar refractivity (Wildman–Crippen MR) is 93.7 cm³/mol. The summed E-state index contributed by atoms with van der Waals surface area (Å²) in [7, 11) is 0. The highest BCUT2D eigenvalue weighted by atomic mass is 14.6. The van der Waals surface area contributed by atoms with E-state index in [1.165, 1.54) is 53.8 Å². The Morgan fingerprint density at radius 3 is 2.48 bits per heavy atom. The standard InChI is InChI=1S/C20H23N/c1-2-3-4-5-8-15-11-12-19-17(13-15)14-16-9-6-7-10-18(16)20(19)21/h6-7,9-14H,2-5,8,21H2,1H3. The van der Waals surface area contributed by atoms with Crippen molar-refractivity contribution in [2.75, 3.05) is 5.73 Å². The number of fused-ring (bicyclic) bond motifs is 2. The number of hydrogen-bond acceptors (Lipinski definition) is 1. The van der Waals surface area contributed by atoms with E-state index in [4.69, 9.17) is 5.73 Å². The summed E-state index contributed by atoms with van der Waals surface area (Å²) in [5.74, 6) is 0. The summed E-state index contributed by atoms with van der Waals surface area (Å²) in [6.45, 7) is 2.25. The summed E-state index contributed by atoms with van der Waals surface area (Å²) in [6, 6.07) is 17.4. The fraction of sp³-hybridized carbons (Fsp3) is 0.300. The van der Waals surface area contributed by atoms with Gasteiger partial charge in [-0.1, -0.05) is 68.7 Å². The van der Waals surface area contributed by atoms with Crippen molar-refractivity contribution in [3.63, 3.8) is 0 Å². The first-order valence-electron chi connectivity index (χ1n) is 7.99. The van der Waals surface area contributed by atoms with Crippen molar-refractivity contribution in [1.82, 2.24) is 0 Å². The molecule has 0 fully saturated rings. The Labute approximate surface area is 126 Å². The van der Waals surface area contributed by atoms with E-state index in [1.807, 2.05) is 6.07 Å². The number of hydrogen-bond donors (Lipinski definition) is 1. The van der Waals surface area contributed by atoms with E-state index in [-0.39, 0.29) is 0 Å². The number of aryl methyl sites for hydroxylation is 1. The summed E-state index contributed by atoms with van der Waals surface area (Å²) >= 11 is 0. The first-order valence-corrected chi connectivity index (χ1v) is 7.99. The zero-order valence-electron chi connectivity index (χ0n) is 12.7. The van der Waals surface area contributed by atoms with Gasteiger partial charge >= 0.3 is 0 Å². The van der Waals surface area contributed by atoms with Crippen molar-refractivity contribution < 1.29 is 0 Å². The molecule has 0 bridgehead atoms. The molecule has 0 amide bonds. The van der Waals surface area contributed by atoms with Gasteiger partial charge in [0.05, 0.1) is 0 Å². The van der Waals surface area contributed by atoms with Crippen LogP contribution in [-0.2, 0) is 6.42 Å². The third kappa shape index (κ3) is 2.87. The van der Waals surface area contributed by atoms with Gasteiger partial charge in [-0.15, -0.1) is 0 Å². The van der Waals surface area contributed by atoms with E-state index in [2.05, 4.69) is 49.4 Å². The van der Waals surface area contributed by atoms with Crippen LogP contribution in [0.3, 0.4) is 0 Å². The Kier molecular flexibility index (Phi) is 4.10. The molecular formula is C20H23N.